The third-order valence-electron chi connectivity index (χ3n) is 4.04. The molecule has 2 aromatic carbocycles. The summed E-state index contributed by atoms with van der Waals surface area (Å²) in [6.07, 6.45) is 0.105. The molecule has 0 bridgehead atoms. The van der Waals surface area contributed by atoms with E-state index >= 15 is 0 Å². The first kappa shape index (κ1) is 16.2. The van der Waals surface area contributed by atoms with E-state index in [0.29, 0.717) is 21.5 Å². The minimum atomic E-state index is -0.555. The molecule has 5 nitrogen and oxygen atoms in total. The van der Waals surface area contributed by atoms with Crippen molar-refractivity contribution in [2.45, 2.75) is 23.8 Å². The number of para-hydroxylation sites is 2. The fraction of sp³-hybridized carbons (Fsp3) is 0.167. The molecule has 0 N–H and O–H groups in total. The molecule has 0 aliphatic carbocycles. The van der Waals surface area contributed by atoms with Crippen LogP contribution in [0.3, 0.4) is 0 Å². The first-order valence-corrected chi connectivity index (χ1v) is 8.94. The molecule has 1 aromatic heterocycles. The van der Waals surface area contributed by atoms with E-state index in [1.807, 2.05) is 31.2 Å². The van der Waals surface area contributed by atoms with Gasteiger partial charge in [0.05, 0.1) is 5.69 Å². The van der Waals surface area contributed by atoms with Crippen LogP contribution in [0.5, 0.6) is 0 Å². The summed E-state index contributed by atoms with van der Waals surface area (Å²) in [7, 11) is 0. The smallest absolute Gasteiger partial charge is 0.257 e. The van der Waals surface area contributed by atoms with Crippen LogP contribution < -0.4 is 4.90 Å². The van der Waals surface area contributed by atoms with Crippen LogP contribution in [0.2, 0.25) is 5.02 Å². The number of oxazole rings is 1. The minimum absolute atomic E-state index is 0.105. The molecule has 4 rings (SSSR count). The number of aromatic nitrogens is 1. The maximum Gasteiger partial charge on any atom is 0.257 e. The van der Waals surface area contributed by atoms with Crippen LogP contribution in [0.1, 0.15) is 12.0 Å². The number of carbonyl (C=O) groups excluding carboxylic acids is 2. The average Bonchev–Trinajstić information content (AvgIpc) is 3.11. The molecule has 0 spiro atoms. The highest BCUT2D eigenvalue weighted by Crippen LogP contribution is 2.35. The van der Waals surface area contributed by atoms with Gasteiger partial charge in [0.1, 0.15) is 10.8 Å². The number of benzene rings is 2. The van der Waals surface area contributed by atoms with Crippen molar-refractivity contribution in [2.24, 2.45) is 0 Å². The van der Waals surface area contributed by atoms with Gasteiger partial charge in [0, 0.05) is 11.4 Å². The molecule has 0 unspecified atom stereocenters. The molecule has 3 aromatic rings. The lowest BCUT2D eigenvalue weighted by atomic mass is 10.2. The van der Waals surface area contributed by atoms with Gasteiger partial charge in [-0.15, -0.1) is 0 Å². The van der Waals surface area contributed by atoms with Gasteiger partial charge in [0.25, 0.3) is 5.22 Å². The first-order valence-electron chi connectivity index (χ1n) is 7.68. The quantitative estimate of drug-likeness (QED) is 0.644. The maximum absolute atomic E-state index is 12.7. The molecule has 2 amide bonds. The Labute approximate surface area is 153 Å². The second kappa shape index (κ2) is 6.20. The molecule has 2 heterocycles. The van der Waals surface area contributed by atoms with Crippen molar-refractivity contribution in [3.8, 4) is 0 Å². The van der Waals surface area contributed by atoms with Crippen molar-refractivity contribution in [3.05, 3.63) is 53.1 Å². The number of nitrogens with zero attached hydrogens (tertiary/aromatic N) is 2. The van der Waals surface area contributed by atoms with Crippen molar-refractivity contribution < 1.29 is 14.0 Å². The Morgan fingerprint density at radius 1 is 1.24 bits per heavy atom. The summed E-state index contributed by atoms with van der Waals surface area (Å²) in [6.45, 7) is 1.87. The molecule has 0 saturated carbocycles. The number of carbonyl (C=O) groups is 2. The number of amides is 2. The summed E-state index contributed by atoms with van der Waals surface area (Å²) in [4.78, 5) is 30.6. The van der Waals surface area contributed by atoms with Crippen LogP contribution >= 0.6 is 23.4 Å². The Bertz CT molecular complexity index is 968. The normalized spacial score (nSPS) is 17.7. The van der Waals surface area contributed by atoms with Gasteiger partial charge in [0.2, 0.25) is 11.8 Å². The van der Waals surface area contributed by atoms with Gasteiger partial charge < -0.3 is 4.42 Å². The zero-order valence-corrected chi connectivity index (χ0v) is 14.8. The molecule has 1 atom stereocenters. The van der Waals surface area contributed by atoms with E-state index in [9.17, 15) is 9.59 Å². The molecule has 1 saturated heterocycles. The zero-order chi connectivity index (χ0) is 17.6. The van der Waals surface area contributed by atoms with E-state index < -0.39 is 5.25 Å². The molecule has 7 heteroatoms. The highest BCUT2D eigenvalue weighted by molar-refractivity contribution is 8.00. The fourth-order valence-electron chi connectivity index (χ4n) is 2.71. The van der Waals surface area contributed by atoms with Crippen LogP contribution in [0.25, 0.3) is 11.1 Å². The molecule has 0 radical (unpaired) electrons. The number of fused-ring (bicyclic) bond motifs is 1. The lowest BCUT2D eigenvalue weighted by Crippen LogP contribution is -2.31. The topological polar surface area (TPSA) is 63.4 Å². The van der Waals surface area contributed by atoms with E-state index in [2.05, 4.69) is 4.98 Å². The van der Waals surface area contributed by atoms with E-state index in [1.165, 1.54) is 16.7 Å². The van der Waals surface area contributed by atoms with Crippen molar-refractivity contribution in [3.63, 3.8) is 0 Å². The predicted molar refractivity (Wildman–Crippen MR) is 97.0 cm³/mol. The fourth-order valence-corrected chi connectivity index (χ4v) is 3.85. The summed E-state index contributed by atoms with van der Waals surface area (Å²) >= 11 is 7.29. The van der Waals surface area contributed by atoms with Gasteiger partial charge >= 0.3 is 0 Å². The summed E-state index contributed by atoms with van der Waals surface area (Å²) in [6, 6.07) is 12.5. The van der Waals surface area contributed by atoms with Gasteiger partial charge in [-0.25, -0.2) is 9.88 Å². The van der Waals surface area contributed by atoms with Crippen molar-refractivity contribution in [1.29, 1.82) is 0 Å². The van der Waals surface area contributed by atoms with Crippen LogP contribution in [-0.2, 0) is 9.59 Å². The maximum atomic E-state index is 12.7. The van der Waals surface area contributed by atoms with E-state index in [0.717, 1.165) is 11.1 Å². The molecular weight excluding hydrogens is 360 g/mol. The molecule has 126 valence electrons. The molecular formula is C18H13ClN2O3S. The van der Waals surface area contributed by atoms with Crippen LogP contribution in [0.4, 0.5) is 5.69 Å². The zero-order valence-electron chi connectivity index (χ0n) is 13.2. The lowest BCUT2D eigenvalue weighted by Gasteiger charge is -2.15. The summed E-state index contributed by atoms with van der Waals surface area (Å²) < 4.78 is 5.64. The van der Waals surface area contributed by atoms with Crippen molar-refractivity contribution >= 4 is 52.0 Å². The monoisotopic (exact) mass is 372 g/mol. The number of thioether (sulfide) groups is 1. The van der Waals surface area contributed by atoms with Gasteiger partial charge in [-0.2, -0.15) is 0 Å². The number of hydrogen-bond donors (Lipinski definition) is 0. The summed E-state index contributed by atoms with van der Waals surface area (Å²) in [5, 5.41) is 0.352. The lowest BCUT2D eigenvalue weighted by molar-refractivity contribution is -0.121. The van der Waals surface area contributed by atoms with E-state index in [4.69, 9.17) is 16.0 Å². The number of imide groups is 1. The second-order valence-corrected chi connectivity index (χ2v) is 7.32. The molecule has 1 aliphatic heterocycles. The van der Waals surface area contributed by atoms with Crippen LogP contribution in [0, 0.1) is 6.92 Å². The van der Waals surface area contributed by atoms with Crippen molar-refractivity contribution in [2.75, 3.05) is 4.90 Å². The average molecular weight is 373 g/mol. The Morgan fingerprint density at radius 2 is 2.04 bits per heavy atom. The van der Waals surface area contributed by atoms with E-state index in [1.54, 1.807) is 18.2 Å². The largest absolute Gasteiger partial charge is 0.431 e. The van der Waals surface area contributed by atoms with Gasteiger partial charge in [-0.05, 0) is 36.8 Å². The standard InChI is InChI=1S/C18H13ClN2O3S/c1-10-6-7-11(8-12(10)19)21-16(22)9-15(17(21)23)25-18-20-13-4-2-3-5-14(13)24-18/h2-8,15H,9H2,1H3/t15-/m1/s1. The minimum Gasteiger partial charge on any atom is -0.431 e. The number of halogens is 1. The van der Waals surface area contributed by atoms with Crippen LogP contribution in [-0.4, -0.2) is 22.0 Å². The third kappa shape index (κ3) is 2.92. The van der Waals surface area contributed by atoms with Gasteiger partial charge in [-0.3, -0.25) is 9.59 Å². The summed E-state index contributed by atoms with van der Waals surface area (Å²) in [5.41, 5.74) is 2.76. The Kier molecular flexibility index (Phi) is 4.01. The number of hydrogen-bond acceptors (Lipinski definition) is 5. The Hall–Kier alpha value is -2.31. The highest BCUT2D eigenvalue weighted by Gasteiger charge is 2.41. The second-order valence-electron chi connectivity index (χ2n) is 5.76. The molecule has 1 aliphatic rings. The van der Waals surface area contributed by atoms with Gasteiger partial charge in [-0.1, -0.05) is 41.6 Å². The third-order valence-corrected chi connectivity index (χ3v) is 5.47. The predicted octanol–water partition coefficient (Wildman–Crippen LogP) is 4.21. The SMILES string of the molecule is Cc1ccc(N2C(=O)C[C@@H](Sc3nc4ccccc4o3)C2=O)cc1Cl. The molecule has 1 fully saturated rings. The summed E-state index contributed by atoms with van der Waals surface area (Å²) in [5.74, 6) is -0.532. The van der Waals surface area contributed by atoms with E-state index in [-0.39, 0.29) is 18.2 Å². The number of aryl methyl sites for hydroxylation is 1. The number of rotatable bonds is 3. The Balaban J connectivity index is 1.59. The van der Waals surface area contributed by atoms with Gasteiger partial charge in [0.15, 0.2) is 5.58 Å². The number of anilines is 1. The molecule has 25 heavy (non-hydrogen) atoms. The van der Waals surface area contributed by atoms with Crippen LogP contribution in [0.15, 0.2) is 52.1 Å². The first-order chi connectivity index (χ1) is 12.0. The van der Waals surface area contributed by atoms with Crippen molar-refractivity contribution in [1.82, 2.24) is 4.98 Å². The Morgan fingerprint density at radius 3 is 2.80 bits per heavy atom. The highest BCUT2D eigenvalue weighted by atomic mass is 35.5.